The number of halogens is 1. The number of nitrogens with one attached hydrogen (secondary N) is 3. The Kier molecular flexibility index (Phi) is 6.85. The molecule has 5 rings (SSSR count). The van der Waals surface area contributed by atoms with E-state index < -0.39 is 0 Å². The highest BCUT2D eigenvalue weighted by molar-refractivity contribution is 6.34. The highest BCUT2D eigenvalue weighted by atomic mass is 35.5. The van der Waals surface area contributed by atoms with Crippen LogP contribution in [-0.2, 0) is 0 Å². The van der Waals surface area contributed by atoms with Gasteiger partial charge in [-0.3, -0.25) is 5.10 Å². The van der Waals surface area contributed by atoms with E-state index in [0.29, 0.717) is 16.4 Å². The molecule has 1 fully saturated rings. The van der Waals surface area contributed by atoms with Crippen molar-refractivity contribution in [3.05, 3.63) is 70.7 Å². The molecule has 7 nitrogen and oxygen atoms in total. The lowest BCUT2D eigenvalue weighted by molar-refractivity contribution is 0.114. The van der Waals surface area contributed by atoms with Crippen LogP contribution in [0.15, 0.2) is 54.6 Å². The number of aromatic amines is 1. The van der Waals surface area contributed by atoms with E-state index in [2.05, 4.69) is 32.8 Å². The molecular weight excluding hydrogens is 474 g/mol. The number of hydrogen-bond acceptors (Lipinski definition) is 4. The van der Waals surface area contributed by atoms with Crippen molar-refractivity contribution in [2.24, 2.45) is 0 Å². The summed E-state index contributed by atoms with van der Waals surface area (Å²) in [5.41, 5.74) is 5.89. The Balaban J connectivity index is 1.30. The van der Waals surface area contributed by atoms with Gasteiger partial charge in [-0.05, 0) is 93.4 Å². The van der Waals surface area contributed by atoms with E-state index in [1.165, 1.54) is 0 Å². The fourth-order valence-corrected chi connectivity index (χ4v) is 5.02. The number of amides is 2. The van der Waals surface area contributed by atoms with Crippen LogP contribution in [0.2, 0.25) is 5.02 Å². The molecule has 0 atom stereocenters. The Morgan fingerprint density at radius 2 is 1.81 bits per heavy atom. The molecule has 1 aliphatic heterocycles. The Hall–Kier alpha value is -3.55. The number of carbonyl (C=O) groups excluding carboxylic acids is 1. The summed E-state index contributed by atoms with van der Waals surface area (Å²) in [5, 5.41) is 14.8. The minimum Gasteiger partial charge on any atom is -0.490 e. The number of ether oxygens (including phenoxy) is 1. The first-order valence-electron chi connectivity index (χ1n) is 12.1. The molecule has 2 amide bonds. The van der Waals surface area contributed by atoms with Gasteiger partial charge in [0.15, 0.2) is 0 Å². The number of urea groups is 1. The summed E-state index contributed by atoms with van der Waals surface area (Å²) in [6.07, 6.45) is 2.35. The maximum absolute atomic E-state index is 12.7. The van der Waals surface area contributed by atoms with Crippen LogP contribution in [0.25, 0.3) is 22.2 Å². The molecule has 1 aromatic heterocycles. The summed E-state index contributed by atoms with van der Waals surface area (Å²) in [6, 6.07) is 17.2. The summed E-state index contributed by atoms with van der Waals surface area (Å²) in [4.78, 5) is 15.0. The number of aromatic nitrogens is 2. The molecule has 3 N–H and O–H groups in total. The van der Waals surface area contributed by atoms with Crippen molar-refractivity contribution in [1.29, 1.82) is 0 Å². The van der Waals surface area contributed by atoms with E-state index in [-0.39, 0.29) is 12.1 Å². The van der Waals surface area contributed by atoms with Crippen LogP contribution in [0.1, 0.15) is 24.0 Å². The number of anilines is 2. The molecule has 186 valence electrons. The minimum absolute atomic E-state index is 0.261. The van der Waals surface area contributed by atoms with Crippen molar-refractivity contribution in [1.82, 2.24) is 15.1 Å². The zero-order chi connectivity index (χ0) is 25.2. The first-order chi connectivity index (χ1) is 17.4. The van der Waals surface area contributed by atoms with Crippen LogP contribution in [0.3, 0.4) is 0 Å². The second-order valence-electron chi connectivity index (χ2n) is 9.50. The number of hydrogen-bond donors (Lipinski definition) is 3. The van der Waals surface area contributed by atoms with Gasteiger partial charge in [0.1, 0.15) is 11.9 Å². The molecule has 2 heterocycles. The Labute approximate surface area is 215 Å². The number of carbonyl (C=O) groups is 1. The molecule has 1 saturated heterocycles. The zero-order valence-corrected chi connectivity index (χ0v) is 21.4. The van der Waals surface area contributed by atoms with Crippen LogP contribution < -0.4 is 15.4 Å². The fraction of sp³-hybridized carbons (Fsp3) is 0.286. The summed E-state index contributed by atoms with van der Waals surface area (Å²) in [5.74, 6) is 0.872. The number of nitrogens with zero attached hydrogens (tertiary/aromatic N) is 2. The van der Waals surface area contributed by atoms with E-state index >= 15 is 0 Å². The molecule has 0 radical (unpaired) electrons. The number of aryl methyl sites for hydroxylation is 2. The first kappa shape index (κ1) is 24.2. The van der Waals surface area contributed by atoms with E-state index in [0.717, 1.165) is 65.0 Å². The van der Waals surface area contributed by atoms with Gasteiger partial charge < -0.3 is 20.3 Å². The van der Waals surface area contributed by atoms with Crippen molar-refractivity contribution < 1.29 is 9.53 Å². The largest absolute Gasteiger partial charge is 0.490 e. The van der Waals surface area contributed by atoms with Gasteiger partial charge in [-0.2, -0.15) is 5.10 Å². The van der Waals surface area contributed by atoms with Gasteiger partial charge >= 0.3 is 6.03 Å². The van der Waals surface area contributed by atoms with Crippen molar-refractivity contribution in [2.75, 3.05) is 30.8 Å². The monoisotopic (exact) mass is 503 g/mol. The molecule has 0 spiro atoms. The minimum atomic E-state index is -0.358. The molecule has 4 aromatic rings. The van der Waals surface area contributed by atoms with Crippen LogP contribution in [0.5, 0.6) is 5.75 Å². The fourth-order valence-electron chi connectivity index (χ4n) is 4.65. The second kappa shape index (κ2) is 10.2. The molecule has 0 bridgehead atoms. The van der Waals surface area contributed by atoms with E-state index in [1.807, 2.05) is 68.4 Å². The summed E-state index contributed by atoms with van der Waals surface area (Å²) < 4.78 is 6.18. The second-order valence-corrected chi connectivity index (χ2v) is 9.90. The van der Waals surface area contributed by atoms with Crippen molar-refractivity contribution in [2.45, 2.75) is 32.8 Å². The standard InChI is InChI=1S/C28H30ClN5O2/c1-17-14-18(2)26(24(29)15-17)31-28(35)30-20-6-9-25-23(16-20)27(33-32-25)19-4-7-21(8-5-19)36-22-10-12-34(3)13-11-22/h4-9,14-16,22H,10-13H2,1-3H3,(H,32,33)(H2,30,31,35). The summed E-state index contributed by atoms with van der Waals surface area (Å²) >= 11 is 6.34. The van der Waals surface area contributed by atoms with Crippen LogP contribution in [0, 0.1) is 13.8 Å². The van der Waals surface area contributed by atoms with E-state index in [1.54, 1.807) is 0 Å². The van der Waals surface area contributed by atoms with Crippen molar-refractivity contribution >= 4 is 39.9 Å². The molecule has 36 heavy (non-hydrogen) atoms. The number of benzene rings is 3. The molecule has 0 aliphatic carbocycles. The number of H-pyrrole nitrogens is 1. The van der Waals surface area contributed by atoms with Gasteiger partial charge in [-0.1, -0.05) is 17.7 Å². The van der Waals surface area contributed by atoms with Gasteiger partial charge in [-0.15, -0.1) is 0 Å². The number of fused-ring (bicyclic) bond motifs is 1. The number of piperidine rings is 1. The molecule has 8 heteroatoms. The normalized spacial score (nSPS) is 14.7. The highest BCUT2D eigenvalue weighted by Crippen LogP contribution is 2.31. The average Bonchev–Trinajstić information content (AvgIpc) is 3.27. The summed E-state index contributed by atoms with van der Waals surface area (Å²) in [6.45, 7) is 6.02. The number of likely N-dealkylation sites (tertiary alicyclic amines) is 1. The third-order valence-corrected chi connectivity index (χ3v) is 6.89. The Morgan fingerprint density at radius 3 is 2.53 bits per heavy atom. The van der Waals surface area contributed by atoms with Crippen molar-refractivity contribution in [3.63, 3.8) is 0 Å². The maximum Gasteiger partial charge on any atom is 0.323 e. The first-order valence-corrected chi connectivity index (χ1v) is 12.5. The Bertz CT molecular complexity index is 1370. The lowest BCUT2D eigenvalue weighted by atomic mass is 10.1. The lowest BCUT2D eigenvalue weighted by Crippen LogP contribution is -2.35. The van der Waals surface area contributed by atoms with Crippen LogP contribution >= 0.6 is 11.6 Å². The summed E-state index contributed by atoms with van der Waals surface area (Å²) in [7, 11) is 2.15. The molecular formula is C28H30ClN5O2. The highest BCUT2D eigenvalue weighted by Gasteiger charge is 2.18. The lowest BCUT2D eigenvalue weighted by Gasteiger charge is -2.29. The van der Waals surface area contributed by atoms with E-state index in [4.69, 9.17) is 16.3 Å². The van der Waals surface area contributed by atoms with E-state index in [9.17, 15) is 4.79 Å². The van der Waals surface area contributed by atoms with Crippen LogP contribution in [-0.4, -0.2) is 47.4 Å². The quantitative estimate of drug-likeness (QED) is 0.286. The van der Waals surface area contributed by atoms with Crippen molar-refractivity contribution in [3.8, 4) is 17.0 Å². The zero-order valence-electron chi connectivity index (χ0n) is 20.7. The third kappa shape index (κ3) is 5.32. The predicted octanol–water partition coefficient (Wildman–Crippen LogP) is 6.62. The average molecular weight is 504 g/mol. The number of rotatable bonds is 5. The molecule has 0 saturated carbocycles. The Morgan fingerprint density at radius 1 is 1.06 bits per heavy atom. The van der Waals surface area contributed by atoms with Crippen LogP contribution in [0.4, 0.5) is 16.2 Å². The topological polar surface area (TPSA) is 82.3 Å². The third-order valence-electron chi connectivity index (χ3n) is 6.59. The van der Waals surface area contributed by atoms with Gasteiger partial charge in [0, 0.05) is 29.7 Å². The smallest absolute Gasteiger partial charge is 0.323 e. The van der Waals surface area contributed by atoms with Gasteiger partial charge in [0.2, 0.25) is 0 Å². The molecule has 3 aromatic carbocycles. The van der Waals surface area contributed by atoms with Gasteiger partial charge in [-0.25, -0.2) is 4.79 Å². The molecule has 0 unspecified atom stereocenters. The maximum atomic E-state index is 12.7. The van der Waals surface area contributed by atoms with Gasteiger partial charge in [0.25, 0.3) is 0 Å². The predicted molar refractivity (Wildman–Crippen MR) is 146 cm³/mol. The van der Waals surface area contributed by atoms with Gasteiger partial charge in [0.05, 0.1) is 21.9 Å². The molecule has 1 aliphatic rings. The SMILES string of the molecule is Cc1cc(C)c(NC(=O)Nc2ccc3[nH]nc(-c4ccc(OC5CCN(C)CC5)cc4)c3c2)c(Cl)c1.